The topological polar surface area (TPSA) is 92.4 Å². The second kappa shape index (κ2) is 16.1. The van der Waals surface area contributed by atoms with Crippen LogP contribution < -0.4 is 11.1 Å². The molecule has 2 amide bonds. The highest BCUT2D eigenvalue weighted by molar-refractivity contribution is 5.72. The van der Waals surface area contributed by atoms with E-state index in [-0.39, 0.29) is 12.5 Å². The van der Waals surface area contributed by atoms with Crippen molar-refractivity contribution >= 4 is 12.0 Å². The minimum Gasteiger partial charge on any atom is -0.481 e. The number of rotatable bonds is 15. The standard InChI is InChI=1S/C19H34N2O3/c1-2-3-4-5-6-8-11-14-17(21-19(20)24)15-12-9-7-10-13-16-18(22)23/h6,8,11,14,17H,2-5,7,9-10,12-13,15-16H2,1H3,(H,22,23)(H3,20,21,24)/b8-6+,14-11+. The number of carboxylic acids is 1. The van der Waals surface area contributed by atoms with Crippen molar-refractivity contribution in [2.75, 3.05) is 0 Å². The van der Waals surface area contributed by atoms with Crippen LogP contribution in [0.3, 0.4) is 0 Å². The molecule has 138 valence electrons. The molecular weight excluding hydrogens is 304 g/mol. The highest BCUT2D eigenvalue weighted by Crippen LogP contribution is 2.10. The Bertz CT molecular complexity index is 392. The Morgan fingerprint density at radius 3 is 2.42 bits per heavy atom. The molecule has 0 aliphatic rings. The zero-order chi connectivity index (χ0) is 18.0. The van der Waals surface area contributed by atoms with Crippen molar-refractivity contribution in [3.05, 3.63) is 24.3 Å². The number of nitrogens with two attached hydrogens (primary N) is 1. The molecule has 0 saturated heterocycles. The number of unbranched alkanes of at least 4 members (excludes halogenated alkanes) is 7. The second-order valence-electron chi connectivity index (χ2n) is 6.12. The zero-order valence-corrected chi connectivity index (χ0v) is 15.0. The van der Waals surface area contributed by atoms with Crippen LogP contribution in [0.2, 0.25) is 0 Å². The summed E-state index contributed by atoms with van der Waals surface area (Å²) in [6.45, 7) is 2.19. The molecule has 0 saturated carbocycles. The van der Waals surface area contributed by atoms with Gasteiger partial charge in [-0.15, -0.1) is 0 Å². The van der Waals surface area contributed by atoms with Crippen LogP contribution in [0.1, 0.15) is 77.6 Å². The first-order valence-electron chi connectivity index (χ1n) is 9.17. The summed E-state index contributed by atoms with van der Waals surface area (Å²) in [5, 5.41) is 11.3. The van der Waals surface area contributed by atoms with Gasteiger partial charge in [0.2, 0.25) is 0 Å². The van der Waals surface area contributed by atoms with Gasteiger partial charge >= 0.3 is 12.0 Å². The normalized spacial score (nSPS) is 12.7. The van der Waals surface area contributed by atoms with Crippen molar-refractivity contribution in [3.8, 4) is 0 Å². The number of aliphatic carboxylic acids is 1. The van der Waals surface area contributed by atoms with Crippen molar-refractivity contribution in [2.45, 2.75) is 83.6 Å². The smallest absolute Gasteiger partial charge is 0.312 e. The quantitative estimate of drug-likeness (QED) is 0.302. The van der Waals surface area contributed by atoms with Crippen LogP contribution in [0.25, 0.3) is 0 Å². The maximum Gasteiger partial charge on any atom is 0.312 e. The molecule has 4 N–H and O–H groups in total. The Labute approximate surface area is 146 Å². The number of amides is 2. The highest BCUT2D eigenvalue weighted by Gasteiger charge is 2.06. The molecule has 0 bridgehead atoms. The number of hydrogen-bond acceptors (Lipinski definition) is 2. The molecule has 1 atom stereocenters. The number of nitrogens with one attached hydrogen (secondary N) is 1. The number of carbonyl (C=O) groups excluding carboxylic acids is 1. The van der Waals surface area contributed by atoms with Crippen LogP contribution in [0.15, 0.2) is 24.3 Å². The Morgan fingerprint density at radius 1 is 1.04 bits per heavy atom. The van der Waals surface area contributed by atoms with E-state index in [4.69, 9.17) is 10.8 Å². The molecule has 0 aromatic rings. The van der Waals surface area contributed by atoms with E-state index in [0.29, 0.717) is 0 Å². The van der Waals surface area contributed by atoms with Crippen molar-refractivity contribution < 1.29 is 14.7 Å². The number of hydrogen-bond donors (Lipinski definition) is 3. The van der Waals surface area contributed by atoms with Crippen LogP contribution >= 0.6 is 0 Å². The van der Waals surface area contributed by atoms with Gasteiger partial charge in [0.1, 0.15) is 0 Å². The van der Waals surface area contributed by atoms with E-state index in [1.165, 1.54) is 19.3 Å². The predicted octanol–water partition coefficient (Wildman–Crippen LogP) is 4.53. The molecule has 0 spiro atoms. The van der Waals surface area contributed by atoms with Gasteiger partial charge in [0.05, 0.1) is 0 Å². The molecule has 0 radical (unpaired) electrons. The first-order valence-corrected chi connectivity index (χ1v) is 9.17. The Hall–Kier alpha value is -1.78. The van der Waals surface area contributed by atoms with Gasteiger partial charge < -0.3 is 16.2 Å². The van der Waals surface area contributed by atoms with Gasteiger partial charge in [0, 0.05) is 12.5 Å². The number of urea groups is 1. The lowest BCUT2D eigenvalue weighted by Crippen LogP contribution is -2.37. The SMILES string of the molecule is CCCCC/C=C/C=C/C(CCCCCCCC(=O)O)NC(N)=O. The van der Waals surface area contributed by atoms with Crippen molar-refractivity contribution in [1.82, 2.24) is 5.32 Å². The third kappa shape index (κ3) is 16.6. The molecule has 1 unspecified atom stereocenters. The minimum atomic E-state index is -0.728. The van der Waals surface area contributed by atoms with E-state index >= 15 is 0 Å². The molecule has 0 heterocycles. The highest BCUT2D eigenvalue weighted by atomic mass is 16.4. The van der Waals surface area contributed by atoms with Crippen molar-refractivity contribution in [3.63, 3.8) is 0 Å². The molecular formula is C19H34N2O3. The van der Waals surface area contributed by atoms with Gasteiger partial charge in [-0.1, -0.05) is 69.8 Å². The average Bonchev–Trinajstić information content (AvgIpc) is 2.52. The van der Waals surface area contributed by atoms with Crippen molar-refractivity contribution in [2.24, 2.45) is 5.73 Å². The summed E-state index contributed by atoms with van der Waals surface area (Å²) in [6, 6.07) is -0.542. The first kappa shape index (κ1) is 22.2. The second-order valence-corrected chi connectivity index (χ2v) is 6.12. The summed E-state index contributed by atoms with van der Waals surface area (Å²) in [4.78, 5) is 21.5. The van der Waals surface area contributed by atoms with E-state index in [9.17, 15) is 9.59 Å². The lowest BCUT2D eigenvalue weighted by Gasteiger charge is -2.13. The third-order valence-electron chi connectivity index (χ3n) is 3.80. The third-order valence-corrected chi connectivity index (χ3v) is 3.80. The number of allylic oxidation sites excluding steroid dienone is 3. The van der Waals surface area contributed by atoms with Crippen LogP contribution in [0, 0.1) is 0 Å². The maximum atomic E-state index is 11.1. The van der Waals surface area contributed by atoms with Crippen LogP contribution in [0.4, 0.5) is 4.79 Å². The van der Waals surface area contributed by atoms with Crippen molar-refractivity contribution in [1.29, 1.82) is 0 Å². The monoisotopic (exact) mass is 338 g/mol. The molecule has 5 heteroatoms. The number of primary amides is 1. The fourth-order valence-electron chi connectivity index (χ4n) is 2.46. The molecule has 0 aromatic carbocycles. The van der Waals surface area contributed by atoms with E-state index in [0.717, 1.165) is 44.9 Å². The van der Waals surface area contributed by atoms with Gasteiger partial charge in [0.15, 0.2) is 0 Å². The Morgan fingerprint density at radius 2 is 1.75 bits per heavy atom. The fourth-order valence-corrected chi connectivity index (χ4v) is 2.46. The van der Waals surface area contributed by atoms with E-state index in [2.05, 4.69) is 18.3 Å². The maximum absolute atomic E-state index is 11.1. The molecule has 0 rings (SSSR count). The Balaban J connectivity index is 3.92. The lowest BCUT2D eigenvalue weighted by atomic mass is 10.0. The number of carboxylic acid groups (broad SMARTS) is 1. The summed E-state index contributed by atoms with van der Waals surface area (Å²) < 4.78 is 0. The molecule has 5 nitrogen and oxygen atoms in total. The largest absolute Gasteiger partial charge is 0.481 e. The summed E-state index contributed by atoms with van der Waals surface area (Å²) in [5.74, 6) is -0.728. The molecule has 0 fully saturated rings. The first-order chi connectivity index (χ1) is 11.6. The summed E-state index contributed by atoms with van der Waals surface area (Å²) in [6.07, 6.45) is 18.7. The summed E-state index contributed by atoms with van der Waals surface area (Å²) in [7, 11) is 0. The van der Waals surface area contributed by atoms with Crippen LogP contribution in [-0.2, 0) is 4.79 Å². The average molecular weight is 338 g/mol. The van der Waals surface area contributed by atoms with Crippen LogP contribution in [0.5, 0.6) is 0 Å². The molecule has 0 aromatic heterocycles. The fraction of sp³-hybridized carbons (Fsp3) is 0.684. The van der Waals surface area contributed by atoms with Gasteiger partial charge in [0.25, 0.3) is 0 Å². The molecule has 24 heavy (non-hydrogen) atoms. The van der Waals surface area contributed by atoms with Gasteiger partial charge in [-0.3, -0.25) is 4.79 Å². The van der Waals surface area contributed by atoms with Crippen LogP contribution in [-0.4, -0.2) is 23.1 Å². The number of carbonyl (C=O) groups is 2. The van der Waals surface area contributed by atoms with E-state index < -0.39 is 12.0 Å². The van der Waals surface area contributed by atoms with Gasteiger partial charge in [-0.05, 0) is 25.7 Å². The predicted molar refractivity (Wildman–Crippen MR) is 98.9 cm³/mol. The summed E-state index contributed by atoms with van der Waals surface area (Å²) in [5.41, 5.74) is 5.22. The lowest BCUT2D eigenvalue weighted by molar-refractivity contribution is -0.137. The minimum absolute atomic E-state index is 0.0400. The van der Waals surface area contributed by atoms with E-state index in [1.54, 1.807) is 0 Å². The van der Waals surface area contributed by atoms with Gasteiger partial charge in [-0.25, -0.2) is 4.79 Å². The molecule has 0 aliphatic heterocycles. The zero-order valence-electron chi connectivity index (χ0n) is 15.0. The summed E-state index contributed by atoms with van der Waals surface area (Å²) >= 11 is 0. The molecule has 0 aliphatic carbocycles. The van der Waals surface area contributed by atoms with E-state index in [1.807, 2.05) is 18.2 Å². The Kier molecular flexibility index (Phi) is 14.9. The van der Waals surface area contributed by atoms with Gasteiger partial charge in [-0.2, -0.15) is 0 Å².